The SMILES string of the molecule is CON=C(c1ccc(C)cc1)c1ccon1. The Kier molecular flexibility index (Phi) is 3.00. The third-order valence-corrected chi connectivity index (χ3v) is 2.19. The number of aromatic nitrogens is 1. The van der Waals surface area contributed by atoms with E-state index in [-0.39, 0.29) is 0 Å². The number of rotatable bonds is 3. The van der Waals surface area contributed by atoms with E-state index in [1.54, 1.807) is 6.07 Å². The molecule has 2 rings (SSSR count). The molecule has 0 aliphatic rings. The van der Waals surface area contributed by atoms with Crippen molar-refractivity contribution in [3.63, 3.8) is 0 Å². The third kappa shape index (κ3) is 2.11. The normalized spacial score (nSPS) is 11.5. The largest absolute Gasteiger partial charge is 0.399 e. The van der Waals surface area contributed by atoms with E-state index in [0.29, 0.717) is 11.4 Å². The highest BCUT2D eigenvalue weighted by molar-refractivity contribution is 6.11. The van der Waals surface area contributed by atoms with Gasteiger partial charge in [0.1, 0.15) is 24.8 Å². The number of hydrogen-bond donors (Lipinski definition) is 0. The van der Waals surface area contributed by atoms with Crippen LogP contribution in [0.25, 0.3) is 0 Å². The maximum absolute atomic E-state index is 4.82. The molecule has 0 fully saturated rings. The fraction of sp³-hybridized carbons (Fsp3) is 0.167. The van der Waals surface area contributed by atoms with Crippen LogP contribution in [0.4, 0.5) is 0 Å². The Bertz CT molecular complexity index is 472. The molecule has 0 spiro atoms. The predicted molar refractivity (Wildman–Crippen MR) is 60.3 cm³/mol. The molecule has 1 heterocycles. The summed E-state index contributed by atoms with van der Waals surface area (Å²) in [5.41, 5.74) is 3.46. The molecule has 2 aromatic rings. The number of nitrogens with zero attached hydrogens (tertiary/aromatic N) is 2. The van der Waals surface area contributed by atoms with Crippen LogP contribution in [0.2, 0.25) is 0 Å². The van der Waals surface area contributed by atoms with Crippen molar-refractivity contribution in [3.05, 3.63) is 53.4 Å². The second-order valence-electron chi connectivity index (χ2n) is 3.37. The third-order valence-electron chi connectivity index (χ3n) is 2.19. The van der Waals surface area contributed by atoms with E-state index < -0.39 is 0 Å². The Morgan fingerprint density at radius 1 is 1.25 bits per heavy atom. The van der Waals surface area contributed by atoms with Gasteiger partial charge in [-0.1, -0.05) is 40.1 Å². The Morgan fingerprint density at radius 3 is 2.56 bits per heavy atom. The van der Waals surface area contributed by atoms with E-state index in [1.165, 1.54) is 18.9 Å². The summed E-state index contributed by atoms with van der Waals surface area (Å²) in [6.07, 6.45) is 1.51. The van der Waals surface area contributed by atoms with Crippen LogP contribution < -0.4 is 0 Å². The average molecular weight is 216 g/mol. The Labute approximate surface area is 93.5 Å². The zero-order chi connectivity index (χ0) is 11.4. The number of hydrogen-bond acceptors (Lipinski definition) is 4. The topological polar surface area (TPSA) is 47.6 Å². The molecule has 0 aliphatic heterocycles. The quantitative estimate of drug-likeness (QED) is 0.584. The first-order valence-electron chi connectivity index (χ1n) is 4.90. The minimum atomic E-state index is 0.658. The van der Waals surface area contributed by atoms with Gasteiger partial charge in [0.05, 0.1) is 0 Å². The summed E-state index contributed by atoms with van der Waals surface area (Å²) in [6.45, 7) is 2.03. The molecule has 0 N–H and O–H groups in total. The standard InChI is InChI=1S/C12H12N2O2/c1-9-3-5-10(6-4-9)12(14-15-2)11-7-8-16-13-11/h3-8H,1-2H3. The number of benzene rings is 1. The fourth-order valence-corrected chi connectivity index (χ4v) is 1.38. The second-order valence-corrected chi connectivity index (χ2v) is 3.37. The van der Waals surface area contributed by atoms with Gasteiger partial charge in [0.25, 0.3) is 0 Å². The molecule has 0 atom stereocenters. The fourth-order valence-electron chi connectivity index (χ4n) is 1.38. The lowest BCUT2D eigenvalue weighted by Crippen LogP contribution is -2.04. The number of oxime groups is 1. The monoisotopic (exact) mass is 216 g/mol. The van der Waals surface area contributed by atoms with Crippen molar-refractivity contribution in [3.8, 4) is 0 Å². The molecule has 16 heavy (non-hydrogen) atoms. The van der Waals surface area contributed by atoms with E-state index in [1.807, 2.05) is 31.2 Å². The zero-order valence-electron chi connectivity index (χ0n) is 9.18. The molecule has 4 heteroatoms. The highest BCUT2D eigenvalue weighted by Crippen LogP contribution is 2.10. The first-order chi connectivity index (χ1) is 7.81. The molecular weight excluding hydrogens is 204 g/mol. The Morgan fingerprint density at radius 2 is 2.00 bits per heavy atom. The molecule has 0 aliphatic carbocycles. The highest BCUT2D eigenvalue weighted by atomic mass is 16.6. The maximum atomic E-state index is 4.82. The van der Waals surface area contributed by atoms with Crippen LogP contribution in [0.5, 0.6) is 0 Å². The average Bonchev–Trinajstić information content (AvgIpc) is 2.81. The molecule has 0 saturated heterocycles. The lowest BCUT2D eigenvalue weighted by molar-refractivity contribution is 0.213. The van der Waals surface area contributed by atoms with Gasteiger partial charge in [0.15, 0.2) is 0 Å². The molecule has 1 aromatic heterocycles. The van der Waals surface area contributed by atoms with Crippen LogP contribution in [0.1, 0.15) is 16.8 Å². The Balaban J connectivity index is 2.41. The van der Waals surface area contributed by atoms with Crippen molar-refractivity contribution in [1.82, 2.24) is 5.16 Å². The first-order valence-corrected chi connectivity index (χ1v) is 4.90. The van der Waals surface area contributed by atoms with Crippen LogP contribution in [0.15, 0.2) is 46.3 Å². The summed E-state index contributed by atoms with van der Waals surface area (Å²) < 4.78 is 4.80. The molecule has 0 bridgehead atoms. The van der Waals surface area contributed by atoms with Gasteiger partial charge in [-0.3, -0.25) is 0 Å². The summed E-state index contributed by atoms with van der Waals surface area (Å²) in [6, 6.07) is 9.72. The van der Waals surface area contributed by atoms with Crippen LogP contribution >= 0.6 is 0 Å². The second kappa shape index (κ2) is 4.61. The van der Waals surface area contributed by atoms with Gasteiger partial charge < -0.3 is 9.36 Å². The minimum Gasteiger partial charge on any atom is -0.399 e. The molecule has 0 saturated carbocycles. The highest BCUT2D eigenvalue weighted by Gasteiger charge is 2.10. The molecule has 1 aromatic carbocycles. The molecule has 0 radical (unpaired) electrons. The first kappa shape index (κ1) is 10.4. The van der Waals surface area contributed by atoms with Gasteiger partial charge in [-0.25, -0.2) is 0 Å². The van der Waals surface area contributed by atoms with Gasteiger partial charge in [-0.2, -0.15) is 0 Å². The van der Waals surface area contributed by atoms with Gasteiger partial charge in [-0.05, 0) is 6.92 Å². The molecule has 82 valence electrons. The van der Waals surface area contributed by atoms with E-state index in [2.05, 4.69) is 10.3 Å². The summed E-state index contributed by atoms with van der Waals surface area (Å²) >= 11 is 0. The molecule has 4 nitrogen and oxygen atoms in total. The van der Waals surface area contributed by atoms with Gasteiger partial charge in [0, 0.05) is 11.6 Å². The number of aryl methyl sites for hydroxylation is 1. The predicted octanol–water partition coefficient (Wildman–Crippen LogP) is 2.38. The molecule has 0 unspecified atom stereocenters. The minimum absolute atomic E-state index is 0.658. The van der Waals surface area contributed by atoms with Crippen LogP contribution in [-0.2, 0) is 4.84 Å². The van der Waals surface area contributed by atoms with Gasteiger partial charge in [-0.15, -0.1) is 0 Å². The lowest BCUT2D eigenvalue weighted by atomic mass is 10.1. The molecule has 0 amide bonds. The summed E-state index contributed by atoms with van der Waals surface area (Å²) in [5, 5.41) is 7.81. The van der Waals surface area contributed by atoms with Crippen molar-refractivity contribution >= 4 is 5.71 Å². The van der Waals surface area contributed by atoms with Gasteiger partial charge in [0.2, 0.25) is 0 Å². The van der Waals surface area contributed by atoms with E-state index in [4.69, 9.17) is 9.36 Å². The van der Waals surface area contributed by atoms with E-state index >= 15 is 0 Å². The van der Waals surface area contributed by atoms with Crippen LogP contribution in [0, 0.1) is 6.92 Å². The molecular formula is C12H12N2O2. The van der Waals surface area contributed by atoms with Crippen LogP contribution in [-0.4, -0.2) is 18.0 Å². The van der Waals surface area contributed by atoms with Crippen molar-refractivity contribution in [2.75, 3.05) is 7.11 Å². The van der Waals surface area contributed by atoms with Crippen molar-refractivity contribution in [1.29, 1.82) is 0 Å². The van der Waals surface area contributed by atoms with Crippen LogP contribution in [0.3, 0.4) is 0 Å². The summed E-state index contributed by atoms with van der Waals surface area (Å²) in [5.74, 6) is 0. The van der Waals surface area contributed by atoms with Crippen molar-refractivity contribution in [2.45, 2.75) is 6.92 Å². The van der Waals surface area contributed by atoms with Crippen molar-refractivity contribution < 1.29 is 9.36 Å². The smallest absolute Gasteiger partial charge is 0.139 e. The van der Waals surface area contributed by atoms with Crippen molar-refractivity contribution in [2.24, 2.45) is 5.16 Å². The lowest BCUT2D eigenvalue weighted by Gasteiger charge is -2.02. The van der Waals surface area contributed by atoms with Gasteiger partial charge >= 0.3 is 0 Å². The van der Waals surface area contributed by atoms with E-state index in [9.17, 15) is 0 Å². The summed E-state index contributed by atoms with van der Waals surface area (Å²) in [7, 11) is 1.51. The summed E-state index contributed by atoms with van der Waals surface area (Å²) in [4.78, 5) is 4.82. The maximum Gasteiger partial charge on any atom is 0.139 e. The zero-order valence-corrected chi connectivity index (χ0v) is 9.18. The van der Waals surface area contributed by atoms with E-state index in [0.717, 1.165) is 5.56 Å². The Hall–Kier alpha value is -2.10.